The smallest absolute Gasteiger partial charge is 0.248 e. The van der Waals surface area contributed by atoms with Crippen molar-refractivity contribution in [3.63, 3.8) is 0 Å². The molecule has 0 aliphatic rings. The second-order valence-corrected chi connectivity index (χ2v) is 7.94. The number of carbonyl (C=O) groups is 1. The minimum Gasteiger partial charge on any atom is -0.446 e. The summed E-state index contributed by atoms with van der Waals surface area (Å²) >= 11 is 0. The van der Waals surface area contributed by atoms with Gasteiger partial charge in [-0.05, 0) is 43.9 Å². The molecule has 0 aliphatic heterocycles. The lowest BCUT2D eigenvalue weighted by Crippen LogP contribution is -2.13. The normalized spacial score (nSPS) is 11.7. The third kappa shape index (κ3) is 4.24. The lowest BCUT2D eigenvalue weighted by molar-refractivity contribution is -0.111. The zero-order chi connectivity index (χ0) is 22.8. The Morgan fingerprint density at radius 3 is 2.85 bits per heavy atom. The summed E-state index contributed by atoms with van der Waals surface area (Å²) in [6, 6.07) is 7.84. The molecule has 5 aromatic rings. The minimum atomic E-state index is -0.195. The molecule has 5 heterocycles. The van der Waals surface area contributed by atoms with Crippen LogP contribution in [-0.4, -0.2) is 51.4 Å². The number of carbonyl (C=O) groups excluding carboxylic acids is 1. The molecule has 0 unspecified atom stereocenters. The Hall–Kier alpha value is -4.30. The molecule has 0 saturated carbocycles. The second kappa shape index (κ2) is 8.68. The fourth-order valence-corrected chi connectivity index (χ4v) is 3.72. The van der Waals surface area contributed by atoms with Gasteiger partial charge in [0.15, 0.2) is 0 Å². The number of rotatable bonds is 6. The third-order valence-corrected chi connectivity index (χ3v) is 5.27. The van der Waals surface area contributed by atoms with Crippen molar-refractivity contribution in [2.45, 2.75) is 0 Å². The Kier molecular flexibility index (Phi) is 5.42. The molecule has 0 saturated heterocycles. The van der Waals surface area contributed by atoms with E-state index in [9.17, 15) is 4.79 Å². The van der Waals surface area contributed by atoms with Gasteiger partial charge in [-0.3, -0.25) is 9.78 Å². The van der Waals surface area contributed by atoms with Crippen LogP contribution >= 0.6 is 0 Å². The maximum atomic E-state index is 12.2. The van der Waals surface area contributed by atoms with Crippen molar-refractivity contribution in [1.29, 1.82) is 0 Å². The minimum absolute atomic E-state index is 0.195. The van der Waals surface area contributed by atoms with Gasteiger partial charge in [0.1, 0.15) is 5.65 Å². The molecule has 0 spiro atoms. The Bertz CT molecular complexity index is 1480. The van der Waals surface area contributed by atoms with Crippen molar-refractivity contribution in [2.24, 2.45) is 0 Å². The summed E-state index contributed by atoms with van der Waals surface area (Å²) in [5, 5.41) is 4.78. The summed E-state index contributed by atoms with van der Waals surface area (Å²) in [6.07, 6.45) is 13.8. The number of amides is 1. The zero-order valence-electron chi connectivity index (χ0n) is 18.2. The highest BCUT2D eigenvalue weighted by atomic mass is 16.3. The number of nitrogens with zero attached hydrogens (tertiary/aromatic N) is 4. The van der Waals surface area contributed by atoms with Crippen molar-refractivity contribution < 1.29 is 9.21 Å². The van der Waals surface area contributed by atoms with E-state index < -0.39 is 0 Å². The van der Waals surface area contributed by atoms with Crippen LogP contribution in [0.25, 0.3) is 44.4 Å². The number of aromatic amines is 1. The van der Waals surface area contributed by atoms with Gasteiger partial charge >= 0.3 is 0 Å². The fourth-order valence-electron chi connectivity index (χ4n) is 3.72. The highest BCUT2D eigenvalue weighted by Crippen LogP contribution is 2.35. The van der Waals surface area contributed by atoms with Crippen molar-refractivity contribution in [2.75, 3.05) is 26.0 Å². The predicted molar refractivity (Wildman–Crippen MR) is 129 cm³/mol. The highest BCUT2D eigenvalue weighted by Gasteiger charge is 2.13. The number of likely N-dealkylation sites (N-methyl/N-ethyl adjacent to an activating group) is 1. The SMILES string of the molecule is CN(C)CC=CC(=O)Nc1cncc(-c2cnc3[nH]cc(-c4ccnc5occc45)c3c2)c1. The zero-order valence-corrected chi connectivity index (χ0v) is 18.2. The molecule has 2 N–H and O–H groups in total. The van der Waals surface area contributed by atoms with E-state index in [0.717, 1.165) is 38.7 Å². The number of pyridine rings is 3. The van der Waals surface area contributed by atoms with Gasteiger partial charge in [0, 0.05) is 64.9 Å². The largest absolute Gasteiger partial charge is 0.446 e. The molecule has 5 aromatic heterocycles. The molecule has 164 valence electrons. The number of fused-ring (bicyclic) bond motifs is 2. The van der Waals surface area contributed by atoms with Crippen LogP contribution in [-0.2, 0) is 4.79 Å². The van der Waals surface area contributed by atoms with Gasteiger partial charge < -0.3 is 19.6 Å². The van der Waals surface area contributed by atoms with E-state index in [-0.39, 0.29) is 5.91 Å². The maximum Gasteiger partial charge on any atom is 0.248 e. The van der Waals surface area contributed by atoms with Crippen molar-refractivity contribution in [3.05, 3.63) is 73.7 Å². The van der Waals surface area contributed by atoms with Gasteiger partial charge in [0.25, 0.3) is 0 Å². The van der Waals surface area contributed by atoms with E-state index in [1.54, 1.807) is 31.1 Å². The standard InChI is InChI=1S/C25H22N6O2/c1-31(2)8-3-4-23(32)30-18-10-16(12-26-14-18)17-11-21-22(15-29-24(21)28-13-17)19-5-7-27-25-20(19)6-9-33-25/h3-7,9-15H,8H2,1-2H3,(H,28,29)(H,30,32). The molecular weight excluding hydrogens is 416 g/mol. The Balaban J connectivity index is 1.47. The summed E-state index contributed by atoms with van der Waals surface area (Å²) in [6.45, 7) is 0.693. The van der Waals surface area contributed by atoms with E-state index in [0.29, 0.717) is 17.9 Å². The van der Waals surface area contributed by atoms with Crippen LogP contribution < -0.4 is 5.32 Å². The first kappa shape index (κ1) is 20.6. The molecule has 33 heavy (non-hydrogen) atoms. The quantitative estimate of drug-likeness (QED) is 0.379. The molecule has 0 atom stereocenters. The average molecular weight is 438 g/mol. The van der Waals surface area contributed by atoms with Crippen LogP contribution in [0.2, 0.25) is 0 Å². The van der Waals surface area contributed by atoms with E-state index in [4.69, 9.17) is 4.42 Å². The first-order valence-electron chi connectivity index (χ1n) is 10.5. The molecule has 8 heteroatoms. The van der Waals surface area contributed by atoms with E-state index in [2.05, 4.69) is 31.3 Å². The topological polar surface area (TPSA) is 99.9 Å². The number of furan rings is 1. The third-order valence-electron chi connectivity index (χ3n) is 5.27. The fraction of sp³-hybridized carbons (Fsp3) is 0.120. The van der Waals surface area contributed by atoms with Crippen molar-refractivity contribution in [1.82, 2.24) is 24.8 Å². The first-order chi connectivity index (χ1) is 16.1. The van der Waals surface area contributed by atoms with Crippen LogP contribution in [0.4, 0.5) is 5.69 Å². The van der Waals surface area contributed by atoms with E-state index >= 15 is 0 Å². The lowest BCUT2D eigenvalue weighted by atomic mass is 10.0. The van der Waals surface area contributed by atoms with E-state index in [1.807, 2.05) is 49.5 Å². The lowest BCUT2D eigenvalue weighted by Gasteiger charge is -2.07. The maximum absolute atomic E-state index is 12.2. The molecule has 0 aliphatic carbocycles. The molecule has 0 fully saturated rings. The molecule has 8 nitrogen and oxygen atoms in total. The Morgan fingerprint density at radius 1 is 1.09 bits per heavy atom. The highest BCUT2D eigenvalue weighted by molar-refractivity contribution is 6.03. The van der Waals surface area contributed by atoms with Crippen LogP contribution in [0.15, 0.2) is 78.1 Å². The summed E-state index contributed by atoms with van der Waals surface area (Å²) < 4.78 is 5.46. The van der Waals surface area contributed by atoms with E-state index in [1.165, 1.54) is 6.08 Å². The van der Waals surface area contributed by atoms with Crippen LogP contribution in [0.1, 0.15) is 0 Å². The van der Waals surface area contributed by atoms with Gasteiger partial charge in [-0.2, -0.15) is 0 Å². The Morgan fingerprint density at radius 2 is 1.97 bits per heavy atom. The number of nitrogens with one attached hydrogen (secondary N) is 2. The monoisotopic (exact) mass is 438 g/mol. The summed E-state index contributed by atoms with van der Waals surface area (Å²) in [5.41, 5.74) is 5.78. The summed E-state index contributed by atoms with van der Waals surface area (Å²) in [5.74, 6) is -0.195. The van der Waals surface area contributed by atoms with Gasteiger partial charge in [-0.25, -0.2) is 9.97 Å². The van der Waals surface area contributed by atoms with Gasteiger partial charge in [-0.15, -0.1) is 0 Å². The van der Waals surface area contributed by atoms with Gasteiger partial charge in [0.2, 0.25) is 11.6 Å². The van der Waals surface area contributed by atoms with Crippen molar-refractivity contribution in [3.8, 4) is 22.3 Å². The van der Waals surface area contributed by atoms with Gasteiger partial charge in [0.05, 0.1) is 18.1 Å². The number of hydrogen-bond donors (Lipinski definition) is 2. The number of H-pyrrole nitrogens is 1. The van der Waals surface area contributed by atoms with Crippen LogP contribution in [0.3, 0.4) is 0 Å². The van der Waals surface area contributed by atoms with Crippen LogP contribution in [0.5, 0.6) is 0 Å². The average Bonchev–Trinajstić information content (AvgIpc) is 3.45. The number of hydrogen-bond acceptors (Lipinski definition) is 6. The second-order valence-electron chi connectivity index (χ2n) is 7.94. The predicted octanol–water partition coefficient (Wildman–Crippen LogP) is 4.49. The first-order valence-corrected chi connectivity index (χ1v) is 10.5. The molecular formula is C25H22N6O2. The number of anilines is 1. The van der Waals surface area contributed by atoms with Crippen molar-refractivity contribution >= 4 is 33.7 Å². The summed E-state index contributed by atoms with van der Waals surface area (Å²) in [7, 11) is 3.89. The molecule has 0 radical (unpaired) electrons. The number of aromatic nitrogens is 4. The van der Waals surface area contributed by atoms with Crippen LogP contribution in [0, 0.1) is 0 Å². The molecule has 1 amide bonds. The molecule has 5 rings (SSSR count). The molecule has 0 bridgehead atoms. The van der Waals surface area contributed by atoms with Gasteiger partial charge in [-0.1, -0.05) is 6.08 Å². The Labute approximate surface area is 190 Å². The summed E-state index contributed by atoms with van der Waals surface area (Å²) in [4.78, 5) is 30.6. The molecule has 0 aromatic carbocycles.